The Kier molecular flexibility index (Phi) is 7.45. The minimum atomic E-state index is -0.732. The van der Waals surface area contributed by atoms with Gasteiger partial charge in [-0.3, -0.25) is 9.69 Å². The fraction of sp³-hybridized carbons (Fsp3) is 0.724. The molecule has 2 aromatic rings. The summed E-state index contributed by atoms with van der Waals surface area (Å²) in [5, 5.41) is 0. The first-order valence-electron chi connectivity index (χ1n) is 13.6. The van der Waals surface area contributed by atoms with E-state index in [-0.39, 0.29) is 29.3 Å². The van der Waals surface area contributed by atoms with Gasteiger partial charge >= 0.3 is 6.09 Å². The summed E-state index contributed by atoms with van der Waals surface area (Å²) in [6, 6.07) is 1.82. The van der Waals surface area contributed by atoms with Crippen LogP contribution >= 0.6 is 0 Å². The van der Waals surface area contributed by atoms with Crippen LogP contribution in [0.5, 0.6) is 0 Å². The summed E-state index contributed by atoms with van der Waals surface area (Å²) in [5.41, 5.74) is -0.0680. The highest BCUT2D eigenvalue weighted by Crippen LogP contribution is 2.42. The van der Waals surface area contributed by atoms with E-state index >= 15 is 0 Å². The topological polar surface area (TPSA) is 94.8 Å². The number of hydrogen-bond donors (Lipinski definition) is 0. The molecule has 1 saturated carbocycles. The molecule has 1 amide bonds. The van der Waals surface area contributed by atoms with Crippen molar-refractivity contribution < 1.29 is 23.5 Å². The summed E-state index contributed by atoms with van der Waals surface area (Å²) >= 11 is 0. The van der Waals surface area contributed by atoms with Gasteiger partial charge in [-0.1, -0.05) is 33.6 Å². The second-order valence-electron chi connectivity index (χ2n) is 13.2. The number of ether oxygens (including phenoxy) is 2. The Morgan fingerprint density at radius 1 is 1.19 bits per heavy atom. The van der Waals surface area contributed by atoms with Crippen LogP contribution in [-0.2, 0) is 14.9 Å². The average molecular weight is 514 g/mol. The van der Waals surface area contributed by atoms with E-state index in [4.69, 9.17) is 13.9 Å². The highest BCUT2D eigenvalue weighted by atomic mass is 16.6. The summed E-state index contributed by atoms with van der Waals surface area (Å²) in [5.74, 6) is 1.68. The molecule has 0 unspecified atom stereocenters. The molecule has 8 heteroatoms. The van der Waals surface area contributed by atoms with Crippen molar-refractivity contribution in [2.75, 3.05) is 6.61 Å². The molecule has 2 atom stereocenters. The van der Waals surface area contributed by atoms with E-state index in [1.54, 1.807) is 11.1 Å². The first kappa shape index (κ1) is 27.6. The molecular weight excluding hydrogens is 470 g/mol. The smallest absolute Gasteiger partial charge is 0.412 e. The summed E-state index contributed by atoms with van der Waals surface area (Å²) in [7, 11) is 0. The maximum atomic E-state index is 13.2. The van der Waals surface area contributed by atoms with E-state index in [1.807, 2.05) is 40.7 Å². The van der Waals surface area contributed by atoms with Crippen LogP contribution in [0.3, 0.4) is 0 Å². The molecule has 1 saturated heterocycles. The normalized spacial score (nSPS) is 20.9. The molecule has 2 fully saturated rings. The third kappa shape index (κ3) is 6.70. The Morgan fingerprint density at radius 2 is 1.89 bits per heavy atom. The average Bonchev–Trinajstić information content (AvgIpc) is 3.36. The maximum absolute atomic E-state index is 13.2. The Hall–Kier alpha value is -2.48. The number of hydrogen-bond acceptors (Lipinski definition) is 7. The van der Waals surface area contributed by atoms with Crippen LogP contribution in [0.2, 0.25) is 0 Å². The number of carbonyl (C=O) groups is 2. The Balaban J connectivity index is 1.43. The maximum Gasteiger partial charge on any atom is 0.412 e. The minimum absolute atomic E-state index is 0.0414. The molecule has 1 aliphatic carbocycles. The van der Waals surface area contributed by atoms with Crippen LogP contribution in [0.4, 0.5) is 4.79 Å². The number of fused-ring (bicyclic) bond motifs is 1. The van der Waals surface area contributed by atoms with Crippen LogP contribution in [0, 0.1) is 11.8 Å². The van der Waals surface area contributed by atoms with Crippen LogP contribution < -0.4 is 0 Å². The van der Waals surface area contributed by atoms with Gasteiger partial charge in [-0.05, 0) is 65.7 Å². The third-order valence-corrected chi connectivity index (χ3v) is 7.23. The van der Waals surface area contributed by atoms with Gasteiger partial charge in [-0.2, -0.15) is 0 Å². The predicted octanol–water partition coefficient (Wildman–Crippen LogP) is 6.66. The van der Waals surface area contributed by atoms with E-state index < -0.39 is 11.3 Å². The number of carbonyl (C=O) groups excluding carboxylic acids is 2. The lowest BCUT2D eigenvalue weighted by molar-refractivity contribution is -0.0648. The summed E-state index contributed by atoms with van der Waals surface area (Å²) in [6.07, 6.45) is 6.61. The highest BCUT2D eigenvalue weighted by molar-refractivity contribution is 5.95. The highest BCUT2D eigenvalue weighted by Gasteiger charge is 2.49. The number of furan rings is 1. The minimum Gasteiger partial charge on any atom is -0.444 e. The van der Waals surface area contributed by atoms with Crippen molar-refractivity contribution in [3.05, 3.63) is 23.7 Å². The van der Waals surface area contributed by atoms with E-state index in [0.29, 0.717) is 42.3 Å². The molecule has 4 rings (SSSR count). The number of amides is 1. The molecule has 0 N–H and O–H groups in total. The standard InChI is InChI=1S/C29H43N3O5/c1-27(2,3)24-15-20-25(36-24)31-21(16-30-20)23(33)11-9-10-19(14-18-12-13-18)22-17-35-29(7,8)32(22)26(34)37-28(4,5)6/h15-16,18-19,22H,9-14,17H2,1-8H3/t19-,22-/m0/s1. The summed E-state index contributed by atoms with van der Waals surface area (Å²) in [6.45, 7) is 16.2. The second kappa shape index (κ2) is 10.0. The molecule has 0 aromatic carbocycles. The molecule has 0 bridgehead atoms. The van der Waals surface area contributed by atoms with Crippen LogP contribution in [-0.4, -0.2) is 50.7 Å². The van der Waals surface area contributed by atoms with Gasteiger partial charge in [0.2, 0.25) is 5.71 Å². The van der Waals surface area contributed by atoms with Gasteiger partial charge in [-0.25, -0.2) is 14.8 Å². The first-order valence-corrected chi connectivity index (χ1v) is 13.6. The molecule has 2 aliphatic rings. The molecule has 0 spiro atoms. The molecule has 8 nitrogen and oxygen atoms in total. The number of ketones is 1. The van der Waals surface area contributed by atoms with Gasteiger partial charge in [0.1, 0.15) is 28.3 Å². The monoisotopic (exact) mass is 513 g/mol. The van der Waals surface area contributed by atoms with Crippen molar-refractivity contribution >= 4 is 23.1 Å². The zero-order chi connectivity index (χ0) is 27.2. The van der Waals surface area contributed by atoms with Crippen LogP contribution in [0.1, 0.15) is 110 Å². The van der Waals surface area contributed by atoms with Crippen molar-refractivity contribution in [1.82, 2.24) is 14.9 Å². The number of nitrogens with zero attached hydrogens (tertiary/aromatic N) is 3. The number of aromatic nitrogens is 2. The lowest BCUT2D eigenvalue weighted by Crippen LogP contribution is -2.52. The molecule has 37 heavy (non-hydrogen) atoms. The van der Waals surface area contributed by atoms with E-state index in [2.05, 4.69) is 30.7 Å². The van der Waals surface area contributed by atoms with Gasteiger partial charge in [0.15, 0.2) is 5.78 Å². The van der Waals surface area contributed by atoms with Gasteiger partial charge in [0, 0.05) is 17.9 Å². The second-order valence-corrected chi connectivity index (χ2v) is 13.2. The van der Waals surface area contributed by atoms with Gasteiger partial charge in [-0.15, -0.1) is 0 Å². The van der Waals surface area contributed by atoms with Crippen LogP contribution in [0.15, 0.2) is 16.7 Å². The van der Waals surface area contributed by atoms with Crippen molar-refractivity contribution in [2.24, 2.45) is 11.8 Å². The Bertz CT molecular complexity index is 1140. The van der Waals surface area contributed by atoms with Gasteiger partial charge < -0.3 is 13.9 Å². The van der Waals surface area contributed by atoms with Crippen molar-refractivity contribution in [3.8, 4) is 0 Å². The quantitative estimate of drug-likeness (QED) is 0.364. The van der Waals surface area contributed by atoms with Crippen molar-refractivity contribution in [3.63, 3.8) is 0 Å². The lowest BCUT2D eigenvalue weighted by Gasteiger charge is -2.38. The van der Waals surface area contributed by atoms with Gasteiger partial charge in [0.25, 0.3) is 0 Å². The lowest BCUT2D eigenvalue weighted by atomic mass is 9.87. The summed E-state index contributed by atoms with van der Waals surface area (Å²) in [4.78, 5) is 36.8. The van der Waals surface area contributed by atoms with Gasteiger partial charge in [0.05, 0.1) is 18.8 Å². The fourth-order valence-corrected chi connectivity index (χ4v) is 5.07. The Labute approximate surface area is 220 Å². The first-order chi connectivity index (χ1) is 17.1. The third-order valence-electron chi connectivity index (χ3n) is 7.23. The van der Waals surface area contributed by atoms with E-state index in [1.165, 1.54) is 12.8 Å². The fourth-order valence-electron chi connectivity index (χ4n) is 5.07. The van der Waals surface area contributed by atoms with E-state index in [0.717, 1.165) is 18.6 Å². The SMILES string of the molecule is CC(C)(C)OC(=O)N1[C@H]([C@@H](CCCC(=O)c2cnc3cc(C(C)(C)C)oc3n2)CC2CC2)COC1(C)C. The van der Waals surface area contributed by atoms with Crippen LogP contribution in [0.25, 0.3) is 11.2 Å². The molecule has 204 valence electrons. The Morgan fingerprint density at radius 3 is 2.51 bits per heavy atom. The number of Topliss-reactive ketones (excluding diaryl/α,β-unsaturated/α-hetero) is 1. The number of rotatable bonds is 8. The molecule has 2 aromatic heterocycles. The molecule has 3 heterocycles. The van der Waals surface area contributed by atoms with E-state index in [9.17, 15) is 9.59 Å². The largest absolute Gasteiger partial charge is 0.444 e. The molecular formula is C29H43N3O5. The zero-order valence-electron chi connectivity index (χ0n) is 23.7. The van der Waals surface area contributed by atoms with Crippen molar-refractivity contribution in [1.29, 1.82) is 0 Å². The van der Waals surface area contributed by atoms with Crippen molar-refractivity contribution in [2.45, 2.75) is 117 Å². The summed E-state index contributed by atoms with van der Waals surface area (Å²) < 4.78 is 17.7. The zero-order valence-corrected chi connectivity index (χ0v) is 23.7. The predicted molar refractivity (Wildman–Crippen MR) is 141 cm³/mol. The molecule has 1 aliphatic heterocycles. The molecule has 0 radical (unpaired) electrons.